The maximum Gasteiger partial charge on any atom is 0.406 e. The van der Waals surface area contributed by atoms with Crippen molar-refractivity contribution in [3.63, 3.8) is 0 Å². The third-order valence-electron chi connectivity index (χ3n) is 2.63. The maximum atomic E-state index is 12.2. The van der Waals surface area contributed by atoms with Crippen molar-refractivity contribution in [1.29, 1.82) is 0 Å². The maximum absolute atomic E-state index is 12.2. The molecule has 1 aliphatic rings. The number of alkyl halides is 3. The van der Waals surface area contributed by atoms with Gasteiger partial charge in [-0.2, -0.15) is 13.2 Å². The first-order valence-electron chi connectivity index (χ1n) is 5.48. The van der Waals surface area contributed by atoms with E-state index >= 15 is 0 Å². The molecule has 1 saturated heterocycles. The molecule has 0 aliphatic carbocycles. The van der Waals surface area contributed by atoms with Crippen molar-refractivity contribution < 1.29 is 32.6 Å². The van der Waals surface area contributed by atoms with Gasteiger partial charge in [0, 0.05) is 6.54 Å². The molecule has 0 radical (unpaired) electrons. The average Bonchev–Trinajstić information content (AvgIpc) is 2.72. The van der Waals surface area contributed by atoms with Gasteiger partial charge in [-0.05, 0) is 19.8 Å². The second-order valence-corrected chi connectivity index (χ2v) is 4.00. The number of carboxylic acids is 1. The highest BCUT2D eigenvalue weighted by Crippen LogP contribution is 2.23. The number of hydrogen-bond acceptors (Lipinski definition) is 3. The minimum absolute atomic E-state index is 0.101. The van der Waals surface area contributed by atoms with Gasteiger partial charge in [-0.15, -0.1) is 0 Å². The lowest BCUT2D eigenvalue weighted by Gasteiger charge is -2.25. The average molecular weight is 269 g/mol. The van der Waals surface area contributed by atoms with Crippen molar-refractivity contribution in [2.24, 2.45) is 0 Å². The molecule has 1 N–H and O–H groups in total. The van der Waals surface area contributed by atoms with Crippen LogP contribution in [0.25, 0.3) is 0 Å². The molecule has 1 amide bonds. The third-order valence-corrected chi connectivity index (χ3v) is 2.63. The minimum atomic E-state index is -4.48. The van der Waals surface area contributed by atoms with Crippen molar-refractivity contribution in [1.82, 2.24) is 4.90 Å². The Bertz CT molecular complexity index is 332. The van der Waals surface area contributed by atoms with E-state index in [1.54, 1.807) is 0 Å². The third kappa shape index (κ3) is 3.86. The summed E-state index contributed by atoms with van der Waals surface area (Å²) in [4.78, 5) is 23.0. The van der Waals surface area contributed by atoms with Gasteiger partial charge in [-0.25, -0.2) is 4.79 Å². The van der Waals surface area contributed by atoms with E-state index in [4.69, 9.17) is 9.84 Å². The topological polar surface area (TPSA) is 66.8 Å². The van der Waals surface area contributed by atoms with Crippen LogP contribution in [0.3, 0.4) is 0 Å². The fraction of sp³-hybridized carbons (Fsp3) is 0.800. The molecule has 104 valence electrons. The Hall–Kier alpha value is -1.31. The normalized spacial score (nSPS) is 24.0. The van der Waals surface area contributed by atoms with Crippen LogP contribution in [0.1, 0.15) is 19.8 Å². The second-order valence-electron chi connectivity index (χ2n) is 4.00. The Morgan fingerprint density at radius 1 is 1.33 bits per heavy atom. The van der Waals surface area contributed by atoms with Crippen molar-refractivity contribution in [3.05, 3.63) is 0 Å². The molecule has 1 aliphatic heterocycles. The van der Waals surface area contributed by atoms with Gasteiger partial charge in [0.15, 0.2) is 6.10 Å². The Balaban J connectivity index is 2.60. The fourth-order valence-corrected chi connectivity index (χ4v) is 1.77. The van der Waals surface area contributed by atoms with Gasteiger partial charge < -0.3 is 14.7 Å². The molecular formula is C10H14F3NO4. The predicted molar refractivity (Wildman–Crippen MR) is 53.8 cm³/mol. The van der Waals surface area contributed by atoms with E-state index in [1.165, 1.54) is 6.92 Å². The summed E-state index contributed by atoms with van der Waals surface area (Å²) in [5.41, 5.74) is 0. The molecule has 8 heteroatoms. The number of carbonyl (C=O) groups is 2. The predicted octanol–water partition coefficient (Wildman–Crippen LogP) is 1.03. The summed E-state index contributed by atoms with van der Waals surface area (Å²) >= 11 is 0. The van der Waals surface area contributed by atoms with Gasteiger partial charge in [-0.1, -0.05) is 0 Å². The number of carbonyl (C=O) groups excluding carboxylic acids is 1. The van der Waals surface area contributed by atoms with Crippen LogP contribution in [0.5, 0.6) is 0 Å². The summed E-state index contributed by atoms with van der Waals surface area (Å²) in [6, 6.07) is 0. The molecule has 1 fully saturated rings. The summed E-state index contributed by atoms with van der Waals surface area (Å²) in [5, 5.41) is 8.67. The largest absolute Gasteiger partial charge is 0.479 e. The summed E-state index contributed by atoms with van der Waals surface area (Å²) in [6.45, 7) is -0.0247. The highest BCUT2D eigenvalue weighted by molar-refractivity contribution is 5.82. The minimum Gasteiger partial charge on any atom is -0.479 e. The summed E-state index contributed by atoms with van der Waals surface area (Å²) in [5.74, 6) is -2.01. The van der Waals surface area contributed by atoms with Crippen molar-refractivity contribution >= 4 is 11.9 Å². The number of ether oxygens (including phenoxy) is 1. The molecule has 1 heterocycles. The van der Waals surface area contributed by atoms with E-state index in [9.17, 15) is 22.8 Å². The van der Waals surface area contributed by atoms with Crippen LogP contribution in [0.4, 0.5) is 13.2 Å². The smallest absolute Gasteiger partial charge is 0.406 e. The molecule has 2 atom stereocenters. The van der Waals surface area contributed by atoms with E-state index in [1.807, 2.05) is 0 Å². The lowest BCUT2D eigenvalue weighted by molar-refractivity contribution is -0.169. The lowest BCUT2D eigenvalue weighted by atomic mass is 10.2. The number of amides is 1. The van der Waals surface area contributed by atoms with Gasteiger partial charge >= 0.3 is 12.1 Å². The van der Waals surface area contributed by atoms with Gasteiger partial charge in [0.25, 0.3) is 5.91 Å². The molecule has 5 nitrogen and oxygen atoms in total. The number of halogens is 3. The first kappa shape index (κ1) is 14.7. The van der Waals surface area contributed by atoms with Crippen LogP contribution in [-0.2, 0) is 14.3 Å². The number of nitrogens with zero attached hydrogens (tertiary/aromatic N) is 1. The zero-order valence-corrected chi connectivity index (χ0v) is 9.74. The molecule has 0 aromatic heterocycles. The summed E-state index contributed by atoms with van der Waals surface area (Å²) in [6.07, 6.45) is -6.41. The Labute approximate surface area is 102 Å². The van der Waals surface area contributed by atoms with Gasteiger partial charge in [0.1, 0.15) is 12.6 Å². The molecule has 18 heavy (non-hydrogen) atoms. The Kier molecular flexibility index (Phi) is 4.55. The van der Waals surface area contributed by atoms with Crippen LogP contribution in [0, 0.1) is 0 Å². The zero-order chi connectivity index (χ0) is 13.9. The zero-order valence-electron chi connectivity index (χ0n) is 9.74. The van der Waals surface area contributed by atoms with Crippen LogP contribution < -0.4 is 0 Å². The van der Waals surface area contributed by atoms with Crippen molar-refractivity contribution in [2.45, 2.75) is 38.1 Å². The molecular weight excluding hydrogens is 255 g/mol. The summed E-state index contributed by atoms with van der Waals surface area (Å²) < 4.78 is 41.6. The van der Waals surface area contributed by atoms with Crippen molar-refractivity contribution in [3.8, 4) is 0 Å². The van der Waals surface area contributed by atoms with Crippen LogP contribution >= 0.6 is 0 Å². The lowest BCUT2D eigenvalue weighted by Crippen LogP contribution is -2.44. The summed E-state index contributed by atoms with van der Waals surface area (Å²) in [7, 11) is 0. The monoisotopic (exact) mass is 269 g/mol. The molecule has 0 aromatic rings. The number of aliphatic carboxylic acids is 1. The van der Waals surface area contributed by atoms with Gasteiger partial charge in [-0.3, -0.25) is 4.79 Å². The molecule has 0 saturated carbocycles. The first-order chi connectivity index (χ1) is 8.24. The molecule has 1 rings (SSSR count). The van der Waals surface area contributed by atoms with E-state index in [0.29, 0.717) is 4.90 Å². The molecule has 0 aromatic carbocycles. The van der Waals surface area contributed by atoms with E-state index in [2.05, 4.69) is 0 Å². The van der Waals surface area contributed by atoms with Crippen LogP contribution in [0.2, 0.25) is 0 Å². The van der Waals surface area contributed by atoms with Gasteiger partial charge in [0.05, 0.1) is 0 Å². The Morgan fingerprint density at radius 3 is 2.28 bits per heavy atom. The van der Waals surface area contributed by atoms with Crippen LogP contribution in [-0.4, -0.2) is 53.4 Å². The van der Waals surface area contributed by atoms with E-state index in [0.717, 1.165) is 0 Å². The fourth-order valence-electron chi connectivity index (χ4n) is 1.77. The quantitative estimate of drug-likeness (QED) is 0.827. The van der Waals surface area contributed by atoms with Gasteiger partial charge in [0.2, 0.25) is 0 Å². The number of carboxylic acid groups (broad SMARTS) is 1. The number of rotatable bonds is 4. The first-order valence-corrected chi connectivity index (χ1v) is 5.48. The standard InChI is InChI=1S/C10H14F3NO4/c1-2-14(5-10(11,12)13)8(15)6-3-4-7(18-6)9(16)17/h6-7H,2-5H2,1H3,(H,16,17). The number of hydrogen-bond donors (Lipinski definition) is 1. The van der Waals surface area contributed by atoms with E-state index < -0.39 is 36.8 Å². The van der Waals surface area contributed by atoms with Crippen molar-refractivity contribution in [2.75, 3.05) is 13.1 Å². The number of likely N-dealkylation sites (N-methyl/N-ethyl adjacent to an activating group) is 1. The molecule has 0 spiro atoms. The highest BCUT2D eigenvalue weighted by atomic mass is 19.4. The molecule has 0 bridgehead atoms. The van der Waals surface area contributed by atoms with Crippen LogP contribution in [0.15, 0.2) is 0 Å². The molecule has 2 unspecified atom stereocenters. The highest BCUT2D eigenvalue weighted by Gasteiger charge is 2.39. The Morgan fingerprint density at radius 2 is 1.89 bits per heavy atom. The second kappa shape index (κ2) is 5.55. The SMILES string of the molecule is CCN(CC(F)(F)F)C(=O)C1CCC(C(=O)O)O1. The van der Waals surface area contributed by atoms with E-state index in [-0.39, 0.29) is 19.4 Å².